The number of hydroxylamine groups is 1. The van der Waals surface area contributed by atoms with Gasteiger partial charge in [-0.3, -0.25) is 10.0 Å². The van der Waals surface area contributed by atoms with Crippen LogP contribution in [0, 0.1) is 18.2 Å². The normalized spacial score (nSPS) is 10.6. The van der Waals surface area contributed by atoms with E-state index in [1.807, 2.05) is 6.07 Å². The van der Waals surface area contributed by atoms with Crippen LogP contribution in [0.3, 0.4) is 0 Å². The molecular formula is C27H31FN4O5. The standard InChI is InChI=1S/C27H31FN4O5/c1-3-19-15-20(10-11-22(19)28)31-27-21-16-24(36-12-8-6-4-5-7-9-26(33)32-34)25(37-14-13-35-2)17-23(21)29-18-30-27/h1,10-11,15-18,34H,4-9,12-14H2,2H3,(H,32,33)(H,29,30,31). The second-order valence-corrected chi connectivity index (χ2v) is 8.24. The van der Waals surface area contributed by atoms with Crippen molar-refractivity contribution in [2.24, 2.45) is 0 Å². The number of hydrogen-bond donors (Lipinski definition) is 3. The van der Waals surface area contributed by atoms with Crippen molar-refractivity contribution in [3.05, 3.63) is 48.0 Å². The summed E-state index contributed by atoms with van der Waals surface area (Å²) in [6.07, 6.45) is 11.5. The number of methoxy groups -OCH3 is 1. The van der Waals surface area contributed by atoms with Gasteiger partial charge >= 0.3 is 0 Å². The zero-order valence-electron chi connectivity index (χ0n) is 20.8. The Labute approximate surface area is 215 Å². The van der Waals surface area contributed by atoms with Crippen LogP contribution in [0.25, 0.3) is 10.9 Å². The third kappa shape index (κ3) is 8.31. The number of halogens is 1. The van der Waals surface area contributed by atoms with Gasteiger partial charge in [0.2, 0.25) is 5.91 Å². The molecule has 0 unspecified atom stereocenters. The molecule has 0 spiro atoms. The maximum absolute atomic E-state index is 13.8. The predicted octanol–water partition coefficient (Wildman–Crippen LogP) is 4.74. The van der Waals surface area contributed by atoms with Gasteiger partial charge in [-0.2, -0.15) is 0 Å². The second-order valence-electron chi connectivity index (χ2n) is 8.24. The number of carbonyl (C=O) groups excluding carboxylic acids is 1. The van der Waals surface area contributed by atoms with E-state index < -0.39 is 5.82 Å². The highest BCUT2D eigenvalue weighted by Crippen LogP contribution is 2.35. The smallest absolute Gasteiger partial charge is 0.243 e. The van der Waals surface area contributed by atoms with E-state index in [0.29, 0.717) is 60.1 Å². The van der Waals surface area contributed by atoms with Gasteiger partial charge < -0.3 is 19.5 Å². The van der Waals surface area contributed by atoms with Crippen molar-refractivity contribution in [1.82, 2.24) is 15.4 Å². The zero-order valence-corrected chi connectivity index (χ0v) is 20.8. The van der Waals surface area contributed by atoms with Crippen LogP contribution in [0.15, 0.2) is 36.7 Å². The zero-order chi connectivity index (χ0) is 26.5. The van der Waals surface area contributed by atoms with E-state index in [0.717, 1.165) is 32.1 Å². The molecular weight excluding hydrogens is 479 g/mol. The van der Waals surface area contributed by atoms with Crippen molar-refractivity contribution < 1.29 is 28.6 Å². The molecule has 37 heavy (non-hydrogen) atoms. The number of unbranched alkanes of at least 4 members (excludes halogenated alkanes) is 4. The molecule has 0 radical (unpaired) electrons. The Hall–Kier alpha value is -3.94. The number of fused-ring (bicyclic) bond motifs is 1. The van der Waals surface area contributed by atoms with Crippen molar-refractivity contribution in [2.45, 2.75) is 38.5 Å². The van der Waals surface area contributed by atoms with E-state index >= 15 is 0 Å². The molecule has 0 atom stereocenters. The molecule has 2 aromatic carbocycles. The van der Waals surface area contributed by atoms with Crippen LogP contribution < -0.4 is 20.3 Å². The molecule has 0 bridgehead atoms. The summed E-state index contributed by atoms with van der Waals surface area (Å²) in [7, 11) is 1.60. The van der Waals surface area contributed by atoms with Crippen LogP contribution in [0.4, 0.5) is 15.9 Å². The number of nitrogens with one attached hydrogen (secondary N) is 2. The summed E-state index contributed by atoms with van der Waals surface area (Å²) in [6, 6.07) is 8.04. The molecule has 3 N–H and O–H groups in total. The first-order chi connectivity index (χ1) is 18.0. The molecule has 0 saturated heterocycles. The number of anilines is 2. The first-order valence-electron chi connectivity index (χ1n) is 12.0. The van der Waals surface area contributed by atoms with Gasteiger partial charge in [0.05, 0.1) is 24.3 Å². The number of ether oxygens (including phenoxy) is 3. The highest BCUT2D eigenvalue weighted by molar-refractivity contribution is 5.93. The number of rotatable bonds is 15. The van der Waals surface area contributed by atoms with Gasteiger partial charge in [-0.05, 0) is 37.1 Å². The number of terminal acetylenes is 1. The molecule has 1 aromatic heterocycles. The SMILES string of the molecule is C#Cc1cc(Nc2ncnc3cc(OCCOC)c(OCCCCCCCC(=O)NO)cc23)ccc1F. The van der Waals surface area contributed by atoms with Crippen LogP contribution >= 0.6 is 0 Å². The number of aromatic nitrogens is 2. The summed E-state index contributed by atoms with van der Waals surface area (Å²) >= 11 is 0. The van der Waals surface area contributed by atoms with Crippen LogP contribution in [0.5, 0.6) is 11.5 Å². The van der Waals surface area contributed by atoms with Gasteiger partial charge in [-0.15, -0.1) is 6.42 Å². The van der Waals surface area contributed by atoms with Crippen molar-refractivity contribution >= 4 is 28.3 Å². The topological polar surface area (TPSA) is 115 Å². The van der Waals surface area contributed by atoms with Crippen molar-refractivity contribution in [2.75, 3.05) is 32.2 Å². The minimum Gasteiger partial charge on any atom is -0.490 e. The van der Waals surface area contributed by atoms with Crippen molar-refractivity contribution in [3.63, 3.8) is 0 Å². The molecule has 3 aromatic rings. The van der Waals surface area contributed by atoms with E-state index in [4.69, 9.17) is 25.8 Å². The molecule has 9 nitrogen and oxygen atoms in total. The fraction of sp³-hybridized carbons (Fsp3) is 0.370. The highest BCUT2D eigenvalue weighted by Gasteiger charge is 2.13. The molecule has 1 amide bonds. The fourth-order valence-corrected chi connectivity index (χ4v) is 3.63. The fourth-order valence-electron chi connectivity index (χ4n) is 3.63. The summed E-state index contributed by atoms with van der Waals surface area (Å²) in [4.78, 5) is 19.8. The predicted molar refractivity (Wildman–Crippen MR) is 138 cm³/mol. The van der Waals surface area contributed by atoms with Crippen LogP contribution in [0.1, 0.15) is 44.1 Å². The third-order valence-corrected chi connectivity index (χ3v) is 5.56. The largest absolute Gasteiger partial charge is 0.490 e. The Kier molecular flexibility index (Phi) is 10.9. The average molecular weight is 511 g/mol. The number of carbonyl (C=O) groups is 1. The summed E-state index contributed by atoms with van der Waals surface area (Å²) < 4.78 is 30.8. The van der Waals surface area contributed by atoms with Crippen molar-refractivity contribution in [3.8, 4) is 23.8 Å². The molecule has 1 heterocycles. The summed E-state index contributed by atoms with van der Waals surface area (Å²) in [5.41, 5.74) is 3.02. The Morgan fingerprint density at radius 3 is 2.57 bits per heavy atom. The van der Waals surface area contributed by atoms with Gasteiger partial charge in [0.15, 0.2) is 11.5 Å². The molecule has 0 aliphatic heterocycles. The first kappa shape index (κ1) is 27.6. The first-order valence-corrected chi connectivity index (χ1v) is 12.0. The summed E-state index contributed by atoms with van der Waals surface area (Å²) in [5, 5.41) is 12.4. The Balaban J connectivity index is 1.71. The maximum atomic E-state index is 13.8. The minimum atomic E-state index is -0.468. The van der Waals surface area contributed by atoms with Gasteiger partial charge in [0, 0.05) is 30.7 Å². The lowest BCUT2D eigenvalue weighted by atomic mass is 10.1. The molecule has 3 rings (SSSR count). The Morgan fingerprint density at radius 1 is 1.03 bits per heavy atom. The average Bonchev–Trinajstić information content (AvgIpc) is 2.91. The van der Waals surface area contributed by atoms with Crippen LogP contribution in [0.2, 0.25) is 0 Å². The number of hydrogen-bond acceptors (Lipinski definition) is 8. The van der Waals surface area contributed by atoms with Crippen molar-refractivity contribution in [1.29, 1.82) is 0 Å². The second kappa shape index (κ2) is 14.6. The lowest BCUT2D eigenvalue weighted by Crippen LogP contribution is -2.17. The molecule has 0 aliphatic rings. The van der Waals surface area contributed by atoms with Gasteiger partial charge in [-0.25, -0.2) is 19.8 Å². The number of amides is 1. The lowest BCUT2D eigenvalue weighted by Gasteiger charge is -2.15. The monoisotopic (exact) mass is 510 g/mol. The van der Waals surface area contributed by atoms with E-state index in [2.05, 4.69) is 21.2 Å². The molecule has 0 aliphatic carbocycles. The lowest BCUT2D eigenvalue weighted by molar-refractivity contribution is -0.129. The quantitative estimate of drug-likeness (QED) is 0.116. The Bertz CT molecular complexity index is 1230. The maximum Gasteiger partial charge on any atom is 0.243 e. The molecule has 10 heteroatoms. The Morgan fingerprint density at radius 2 is 1.78 bits per heavy atom. The molecule has 0 saturated carbocycles. The minimum absolute atomic E-state index is 0.151. The van der Waals surface area contributed by atoms with E-state index in [9.17, 15) is 9.18 Å². The van der Waals surface area contributed by atoms with Gasteiger partial charge in [0.25, 0.3) is 0 Å². The third-order valence-electron chi connectivity index (χ3n) is 5.56. The van der Waals surface area contributed by atoms with E-state index in [-0.39, 0.29) is 11.5 Å². The number of benzene rings is 2. The number of nitrogens with zero attached hydrogens (tertiary/aromatic N) is 2. The van der Waals surface area contributed by atoms with Gasteiger partial charge in [0.1, 0.15) is 24.6 Å². The van der Waals surface area contributed by atoms with Gasteiger partial charge in [-0.1, -0.05) is 25.2 Å². The van der Waals surface area contributed by atoms with Crippen LogP contribution in [-0.4, -0.2) is 48.0 Å². The van der Waals surface area contributed by atoms with E-state index in [1.165, 1.54) is 12.4 Å². The summed E-state index contributed by atoms with van der Waals surface area (Å²) in [6.45, 7) is 1.24. The molecule has 0 fully saturated rings. The van der Waals surface area contributed by atoms with Crippen LogP contribution in [-0.2, 0) is 9.53 Å². The highest BCUT2D eigenvalue weighted by atomic mass is 19.1. The summed E-state index contributed by atoms with van der Waals surface area (Å²) in [5.74, 6) is 3.10. The van der Waals surface area contributed by atoms with E-state index in [1.54, 1.807) is 30.8 Å². The molecule has 196 valence electrons.